The van der Waals surface area contributed by atoms with Crippen LogP contribution in [0.1, 0.15) is 58.6 Å². The highest BCUT2D eigenvalue weighted by atomic mass is 19.1. The predicted molar refractivity (Wildman–Crippen MR) is 92.3 cm³/mol. The summed E-state index contributed by atoms with van der Waals surface area (Å²) in [6, 6.07) is 7.45. The molecule has 0 aromatic heterocycles. The first-order valence-corrected chi connectivity index (χ1v) is 8.14. The number of carbonyl (C=O) groups excluding carboxylic acids is 2. The molecule has 0 saturated carbocycles. The summed E-state index contributed by atoms with van der Waals surface area (Å²) in [5.41, 5.74) is -1.85. The van der Waals surface area contributed by atoms with E-state index < -0.39 is 23.0 Å². The van der Waals surface area contributed by atoms with Gasteiger partial charge in [0.15, 0.2) is 0 Å². The monoisotopic (exact) mass is 332 g/mol. The van der Waals surface area contributed by atoms with E-state index in [1.165, 1.54) is 5.56 Å². The number of benzene rings is 1. The number of ketones is 1. The van der Waals surface area contributed by atoms with Gasteiger partial charge in [0.05, 0.1) is 0 Å². The van der Waals surface area contributed by atoms with Gasteiger partial charge in [-0.15, -0.1) is 0 Å². The highest BCUT2D eigenvalue weighted by Gasteiger charge is 2.44. The molecule has 0 bridgehead atoms. The van der Waals surface area contributed by atoms with E-state index in [0.717, 1.165) is 26.2 Å². The van der Waals surface area contributed by atoms with Crippen molar-refractivity contribution in [3.8, 4) is 11.8 Å². The zero-order valence-corrected chi connectivity index (χ0v) is 15.0. The van der Waals surface area contributed by atoms with Crippen LogP contribution in [0, 0.1) is 11.8 Å². The number of carbonyl (C=O) groups is 2. The summed E-state index contributed by atoms with van der Waals surface area (Å²) in [6.45, 7) is 7.84. The minimum Gasteiger partial charge on any atom is -0.457 e. The molecule has 3 nitrogen and oxygen atoms in total. The van der Waals surface area contributed by atoms with E-state index in [1.54, 1.807) is 32.9 Å². The third-order valence-electron chi connectivity index (χ3n) is 3.30. The van der Waals surface area contributed by atoms with Crippen molar-refractivity contribution in [1.29, 1.82) is 0 Å². The van der Waals surface area contributed by atoms with Gasteiger partial charge in [0, 0.05) is 5.56 Å². The standard InChI is InChI=1S/C20H25FO3/c1-6-7-8-15-9-11-16(12-10-15)13-14-17(22)20(5,21)18(23)24-19(2,3)4/h9-12H,6-8H2,1-5H3. The van der Waals surface area contributed by atoms with Crippen LogP contribution >= 0.6 is 0 Å². The molecule has 1 atom stereocenters. The summed E-state index contributed by atoms with van der Waals surface area (Å²) < 4.78 is 19.3. The second-order valence-electron chi connectivity index (χ2n) is 6.88. The maximum Gasteiger partial charge on any atom is 0.353 e. The third kappa shape index (κ3) is 6.16. The fourth-order valence-corrected chi connectivity index (χ4v) is 1.85. The van der Waals surface area contributed by atoms with E-state index in [1.807, 2.05) is 12.1 Å². The number of rotatable bonds is 5. The Labute approximate surface area is 143 Å². The minimum atomic E-state index is -2.78. The van der Waals surface area contributed by atoms with Crippen LogP contribution in [0.25, 0.3) is 0 Å². The zero-order valence-electron chi connectivity index (χ0n) is 15.0. The van der Waals surface area contributed by atoms with Gasteiger partial charge < -0.3 is 4.74 Å². The van der Waals surface area contributed by atoms with Crippen LogP contribution in [0.3, 0.4) is 0 Å². The van der Waals surface area contributed by atoms with Crippen molar-refractivity contribution in [2.24, 2.45) is 0 Å². The molecule has 4 heteroatoms. The molecule has 0 aliphatic heterocycles. The van der Waals surface area contributed by atoms with Crippen LogP contribution in [0.5, 0.6) is 0 Å². The molecular formula is C20H25FO3. The second-order valence-corrected chi connectivity index (χ2v) is 6.88. The lowest BCUT2D eigenvalue weighted by Gasteiger charge is -2.23. The molecule has 1 rings (SSSR count). The van der Waals surface area contributed by atoms with Crippen LogP contribution in [0.15, 0.2) is 24.3 Å². The molecule has 0 aliphatic rings. The van der Waals surface area contributed by atoms with E-state index in [-0.39, 0.29) is 0 Å². The molecule has 0 radical (unpaired) electrons. The van der Waals surface area contributed by atoms with Crippen molar-refractivity contribution in [2.45, 2.75) is 65.2 Å². The third-order valence-corrected chi connectivity index (χ3v) is 3.30. The average Bonchev–Trinajstić information content (AvgIpc) is 2.49. The highest BCUT2D eigenvalue weighted by molar-refractivity contribution is 6.15. The van der Waals surface area contributed by atoms with Crippen molar-refractivity contribution in [3.63, 3.8) is 0 Å². The first kappa shape index (κ1) is 19.9. The van der Waals surface area contributed by atoms with E-state index in [9.17, 15) is 14.0 Å². The molecule has 1 aromatic carbocycles. The van der Waals surface area contributed by atoms with Gasteiger partial charge in [0.25, 0.3) is 11.5 Å². The van der Waals surface area contributed by atoms with E-state index in [2.05, 4.69) is 18.8 Å². The van der Waals surface area contributed by atoms with Crippen LogP contribution in [0.4, 0.5) is 4.39 Å². The molecule has 130 valence electrons. The first-order chi connectivity index (χ1) is 11.1. The SMILES string of the molecule is CCCCc1ccc(C#CC(=O)C(C)(F)C(=O)OC(C)(C)C)cc1. The van der Waals surface area contributed by atoms with Gasteiger partial charge >= 0.3 is 5.97 Å². The lowest BCUT2D eigenvalue weighted by molar-refractivity contribution is -0.169. The summed E-state index contributed by atoms with van der Waals surface area (Å²) in [7, 11) is 0. The zero-order chi connectivity index (χ0) is 18.4. The lowest BCUT2D eigenvalue weighted by atomic mass is 10.0. The van der Waals surface area contributed by atoms with Crippen LogP contribution in [-0.4, -0.2) is 23.0 Å². The largest absolute Gasteiger partial charge is 0.457 e. The smallest absolute Gasteiger partial charge is 0.353 e. The van der Waals surface area contributed by atoms with Crippen LogP contribution < -0.4 is 0 Å². The second kappa shape index (κ2) is 8.10. The van der Waals surface area contributed by atoms with Crippen molar-refractivity contribution in [2.75, 3.05) is 0 Å². The van der Waals surface area contributed by atoms with E-state index in [4.69, 9.17) is 4.74 Å². The maximum atomic E-state index is 14.4. The molecule has 1 aromatic rings. The normalized spacial score (nSPS) is 13.4. The predicted octanol–water partition coefficient (Wildman–Crippen LogP) is 4.02. The number of ether oxygens (including phenoxy) is 1. The molecular weight excluding hydrogens is 307 g/mol. The summed E-state index contributed by atoms with van der Waals surface area (Å²) in [5, 5.41) is 0. The molecule has 24 heavy (non-hydrogen) atoms. The van der Waals surface area contributed by atoms with Crippen molar-refractivity contribution < 1.29 is 18.7 Å². The van der Waals surface area contributed by atoms with E-state index in [0.29, 0.717) is 5.56 Å². The van der Waals surface area contributed by atoms with Crippen molar-refractivity contribution in [3.05, 3.63) is 35.4 Å². The number of esters is 1. The van der Waals surface area contributed by atoms with Gasteiger partial charge in [-0.3, -0.25) is 4.79 Å². The molecule has 0 spiro atoms. The number of Topliss-reactive ketones (excluding diaryl/α,β-unsaturated/α-hetero) is 1. The molecule has 0 fully saturated rings. The molecule has 0 N–H and O–H groups in total. The van der Waals surface area contributed by atoms with Crippen molar-refractivity contribution in [1.82, 2.24) is 0 Å². The molecule has 0 amide bonds. The molecule has 0 saturated heterocycles. The number of hydrogen-bond acceptors (Lipinski definition) is 3. The summed E-state index contributed by atoms with van der Waals surface area (Å²) in [5.74, 6) is 2.48. The maximum absolute atomic E-state index is 14.4. The fraction of sp³-hybridized carbons (Fsp3) is 0.500. The van der Waals surface area contributed by atoms with Gasteiger partial charge in [-0.1, -0.05) is 31.4 Å². The number of aryl methyl sites for hydroxylation is 1. The lowest BCUT2D eigenvalue weighted by Crippen LogP contribution is -2.43. The van der Waals surface area contributed by atoms with Gasteiger partial charge in [-0.05, 0) is 64.2 Å². The Hall–Kier alpha value is -2.15. The Morgan fingerprint density at radius 2 is 1.71 bits per heavy atom. The van der Waals surface area contributed by atoms with Gasteiger partial charge in [0.1, 0.15) is 5.60 Å². The van der Waals surface area contributed by atoms with Crippen LogP contribution in [-0.2, 0) is 20.7 Å². The molecule has 0 aliphatic carbocycles. The Bertz CT molecular complexity index is 640. The molecule has 0 heterocycles. The Balaban J connectivity index is 2.80. The Morgan fingerprint density at radius 1 is 1.12 bits per heavy atom. The van der Waals surface area contributed by atoms with Crippen LogP contribution in [0.2, 0.25) is 0 Å². The quantitative estimate of drug-likeness (QED) is 0.465. The van der Waals surface area contributed by atoms with Gasteiger partial charge in [0.2, 0.25) is 0 Å². The summed E-state index contributed by atoms with van der Waals surface area (Å²) >= 11 is 0. The topological polar surface area (TPSA) is 43.4 Å². The van der Waals surface area contributed by atoms with E-state index >= 15 is 0 Å². The summed E-state index contributed by atoms with van der Waals surface area (Å²) in [6.07, 6.45) is 3.22. The first-order valence-electron chi connectivity index (χ1n) is 8.14. The van der Waals surface area contributed by atoms with Gasteiger partial charge in [-0.25, -0.2) is 9.18 Å². The Kier molecular flexibility index (Phi) is 6.71. The number of unbranched alkanes of at least 4 members (excludes halogenated alkanes) is 1. The van der Waals surface area contributed by atoms with Gasteiger partial charge in [-0.2, -0.15) is 0 Å². The minimum absolute atomic E-state index is 0.601. The number of hydrogen-bond donors (Lipinski definition) is 0. The summed E-state index contributed by atoms with van der Waals surface area (Å²) in [4.78, 5) is 23.7. The average molecular weight is 332 g/mol. The van der Waals surface area contributed by atoms with Crippen molar-refractivity contribution >= 4 is 11.8 Å². The highest BCUT2D eigenvalue weighted by Crippen LogP contribution is 2.19. The molecule has 1 unspecified atom stereocenters. The fourth-order valence-electron chi connectivity index (χ4n) is 1.85. The Morgan fingerprint density at radius 3 is 2.21 bits per heavy atom. The number of halogens is 1. The number of alkyl halides is 1.